The van der Waals surface area contributed by atoms with Crippen LogP contribution in [-0.2, 0) is 26.7 Å². The fourth-order valence-corrected chi connectivity index (χ4v) is 1.04. The standard InChI is InChI=1S/2C10H18O2.Cu/c2*1-7(2)8(11)6-9(12)10(3,4)5;/h2*6-7,12H,1-5H3;/b2*9-6-;. The van der Waals surface area contributed by atoms with Crippen molar-refractivity contribution in [3.63, 3.8) is 0 Å². The Kier molecular flexibility index (Phi) is 13.3. The van der Waals surface area contributed by atoms with Gasteiger partial charge in [-0.3, -0.25) is 9.59 Å². The Labute approximate surface area is 164 Å². The first-order valence-electron chi connectivity index (χ1n) is 8.40. The Balaban J connectivity index is -0.000000372. The molecule has 0 bridgehead atoms. The largest absolute Gasteiger partial charge is 0.512 e. The van der Waals surface area contributed by atoms with Crippen molar-refractivity contribution in [3.8, 4) is 0 Å². The number of ketones is 2. The summed E-state index contributed by atoms with van der Waals surface area (Å²) in [5.41, 5.74) is -0.658. The molecule has 0 saturated carbocycles. The summed E-state index contributed by atoms with van der Waals surface area (Å²) in [5.74, 6) is 0.163. The van der Waals surface area contributed by atoms with E-state index in [0.717, 1.165) is 0 Å². The maximum absolute atomic E-state index is 11.2. The van der Waals surface area contributed by atoms with E-state index in [-0.39, 0.29) is 62.8 Å². The molecule has 0 aromatic heterocycles. The number of aliphatic hydroxyl groups is 2. The van der Waals surface area contributed by atoms with Gasteiger partial charge in [-0.05, 0) is 0 Å². The molecule has 0 aromatic carbocycles. The van der Waals surface area contributed by atoms with Crippen molar-refractivity contribution in [1.29, 1.82) is 0 Å². The van der Waals surface area contributed by atoms with E-state index in [4.69, 9.17) is 0 Å². The van der Waals surface area contributed by atoms with Crippen LogP contribution in [0, 0.1) is 22.7 Å². The van der Waals surface area contributed by atoms with E-state index in [0.29, 0.717) is 0 Å². The van der Waals surface area contributed by atoms with Crippen LogP contribution < -0.4 is 0 Å². The van der Waals surface area contributed by atoms with E-state index in [2.05, 4.69) is 0 Å². The number of allylic oxidation sites excluding steroid dienone is 4. The molecule has 1 radical (unpaired) electrons. The van der Waals surface area contributed by atoms with Crippen LogP contribution in [0.5, 0.6) is 0 Å². The first-order valence-corrected chi connectivity index (χ1v) is 8.40. The van der Waals surface area contributed by atoms with Gasteiger partial charge in [-0.15, -0.1) is 0 Å². The van der Waals surface area contributed by atoms with Crippen LogP contribution in [0.2, 0.25) is 0 Å². The first-order chi connectivity index (χ1) is 10.5. The predicted octanol–water partition coefficient (Wildman–Crippen LogP) is 5.40. The smallest absolute Gasteiger partial charge is 0.161 e. The molecule has 0 aliphatic carbocycles. The zero-order valence-corrected chi connectivity index (χ0v) is 18.3. The second-order valence-corrected chi connectivity index (χ2v) is 8.67. The average molecular weight is 404 g/mol. The monoisotopic (exact) mass is 403 g/mol. The minimum absolute atomic E-state index is 0. The topological polar surface area (TPSA) is 74.6 Å². The maximum Gasteiger partial charge on any atom is 0.161 e. The second kappa shape index (κ2) is 11.5. The third kappa shape index (κ3) is 13.9. The van der Waals surface area contributed by atoms with Crippen molar-refractivity contribution < 1.29 is 36.9 Å². The van der Waals surface area contributed by atoms with Gasteiger partial charge in [0, 0.05) is 51.9 Å². The zero-order valence-electron chi connectivity index (χ0n) is 17.3. The molecule has 25 heavy (non-hydrogen) atoms. The molecule has 0 unspecified atom stereocenters. The molecular weight excluding hydrogens is 368 g/mol. The van der Waals surface area contributed by atoms with Crippen LogP contribution in [0.25, 0.3) is 0 Å². The minimum atomic E-state index is -0.329. The predicted molar refractivity (Wildman–Crippen MR) is 100 cm³/mol. The van der Waals surface area contributed by atoms with Gasteiger partial charge in [-0.1, -0.05) is 69.2 Å². The van der Waals surface area contributed by atoms with Gasteiger partial charge in [0.05, 0.1) is 0 Å². The third-order valence-electron chi connectivity index (χ3n) is 3.23. The summed E-state index contributed by atoms with van der Waals surface area (Å²) < 4.78 is 0. The van der Waals surface area contributed by atoms with Crippen molar-refractivity contribution in [2.45, 2.75) is 69.2 Å². The van der Waals surface area contributed by atoms with E-state index in [9.17, 15) is 19.8 Å². The summed E-state index contributed by atoms with van der Waals surface area (Å²) in [6, 6.07) is 0. The zero-order chi connectivity index (χ0) is 19.9. The normalized spacial score (nSPS) is 13.1. The summed E-state index contributed by atoms with van der Waals surface area (Å²) in [6.45, 7) is 18.5. The van der Waals surface area contributed by atoms with Crippen molar-refractivity contribution in [1.82, 2.24) is 0 Å². The van der Waals surface area contributed by atoms with Crippen LogP contribution in [0.3, 0.4) is 0 Å². The van der Waals surface area contributed by atoms with Crippen LogP contribution >= 0.6 is 0 Å². The maximum atomic E-state index is 11.2. The van der Waals surface area contributed by atoms with Crippen LogP contribution in [0.15, 0.2) is 23.7 Å². The number of hydrogen-bond donors (Lipinski definition) is 2. The van der Waals surface area contributed by atoms with E-state index in [1.807, 2.05) is 69.2 Å². The summed E-state index contributed by atoms with van der Waals surface area (Å²) in [6.07, 6.45) is 2.65. The fraction of sp³-hybridized carbons (Fsp3) is 0.700. The van der Waals surface area contributed by atoms with Gasteiger partial charge in [-0.2, -0.15) is 0 Å². The Hall–Kier alpha value is -1.06. The summed E-state index contributed by atoms with van der Waals surface area (Å²) in [7, 11) is 0. The van der Waals surface area contributed by atoms with Crippen LogP contribution in [0.4, 0.5) is 0 Å². The second-order valence-electron chi connectivity index (χ2n) is 8.67. The summed E-state index contributed by atoms with van der Waals surface area (Å²) in [4.78, 5) is 22.3. The fourth-order valence-electron chi connectivity index (χ4n) is 1.04. The molecule has 0 atom stereocenters. The summed E-state index contributed by atoms with van der Waals surface area (Å²) >= 11 is 0. The molecule has 0 aliphatic rings. The molecule has 4 nitrogen and oxygen atoms in total. The summed E-state index contributed by atoms with van der Waals surface area (Å²) in [5, 5.41) is 18.9. The Morgan fingerprint density at radius 1 is 0.680 bits per heavy atom. The Bertz CT molecular complexity index is 441. The van der Waals surface area contributed by atoms with E-state index in [1.165, 1.54) is 12.2 Å². The van der Waals surface area contributed by atoms with Crippen LogP contribution in [0.1, 0.15) is 69.2 Å². The van der Waals surface area contributed by atoms with E-state index >= 15 is 0 Å². The van der Waals surface area contributed by atoms with Crippen molar-refractivity contribution in [3.05, 3.63) is 23.7 Å². The minimum Gasteiger partial charge on any atom is -0.512 e. The molecule has 0 heterocycles. The number of carbonyl (C=O) groups is 2. The van der Waals surface area contributed by atoms with Gasteiger partial charge in [0.15, 0.2) is 11.6 Å². The van der Waals surface area contributed by atoms with Crippen LogP contribution in [-0.4, -0.2) is 21.8 Å². The average Bonchev–Trinajstić information content (AvgIpc) is 2.36. The van der Waals surface area contributed by atoms with Gasteiger partial charge >= 0.3 is 0 Å². The molecule has 0 amide bonds. The number of carbonyl (C=O) groups excluding carboxylic acids is 2. The molecular formula is C20H36CuO4. The quantitative estimate of drug-likeness (QED) is 0.374. The van der Waals surface area contributed by atoms with E-state index in [1.54, 1.807) is 0 Å². The van der Waals surface area contributed by atoms with Crippen molar-refractivity contribution in [2.75, 3.05) is 0 Å². The number of hydrogen-bond acceptors (Lipinski definition) is 4. The van der Waals surface area contributed by atoms with Gasteiger partial charge in [-0.25, -0.2) is 0 Å². The molecule has 0 rings (SSSR count). The van der Waals surface area contributed by atoms with E-state index < -0.39 is 0 Å². The molecule has 0 spiro atoms. The van der Waals surface area contributed by atoms with Gasteiger partial charge in [0.25, 0.3) is 0 Å². The first kappa shape index (κ1) is 28.7. The Morgan fingerprint density at radius 3 is 1.00 bits per heavy atom. The molecule has 5 heteroatoms. The molecule has 0 fully saturated rings. The molecule has 2 N–H and O–H groups in total. The van der Waals surface area contributed by atoms with Gasteiger partial charge in [0.1, 0.15) is 11.5 Å². The molecule has 0 saturated heterocycles. The number of rotatable bonds is 4. The SMILES string of the molecule is CC(C)C(=O)/C=C(\O)C(C)(C)C.CC(C)C(=O)/C=C(\O)C(C)(C)C.[Cu]. The van der Waals surface area contributed by atoms with Gasteiger partial charge < -0.3 is 10.2 Å². The number of aliphatic hydroxyl groups excluding tert-OH is 2. The van der Waals surface area contributed by atoms with Crippen molar-refractivity contribution in [2.24, 2.45) is 22.7 Å². The molecule has 0 aliphatic heterocycles. The molecule has 151 valence electrons. The Morgan fingerprint density at radius 2 is 0.880 bits per heavy atom. The molecule has 0 aromatic rings. The van der Waals surface area contributed by atoms with Crippen molar-refractivity contribution >= 4 is 11.6 Å². The third-order valence-corrected chi connectivity index (χ3v) is 3.23. The van der Waals surface area contributed by atoms with Gasteiger partial charge in [0.2, 0.25) is 0 Å².